The molecule has 2 atom stereocenters. The van der Waals surface area contributed by atoms with Crippen LogP contribution in [0.3, 0.4) is 0 Å². The van der Waals surface area contributed by atoms with Gasteiger partial charge >= 0.3 is 5.97 Å². The van der Waals surface area contributed by atoms with Crippen molar-refractivity contribution in [3.8, 4) is 0 Å². The number of thiazole rings is 1. The van der Waals surface area contributed by atoms with Gasteiger partial charge in [0.25, 0.3) is 0 Å². The number of nitrogens with zero attached hydrogens (tertiary/aromatic N) is 2. The van der Waals surface area contributed by atoms with E-state index in [0.717, 1.165) is 16.3 Å². The van der Waals surface area contributed by atoms with Gasteiger partial charge in [0.1, 0.15) is 17.2 Å². The van der Waals surface area contributed by atoms with Crippen molar-refractivity contribution in [2.45, 2.75) is 26.0 Å². The lowest BCUT2D eigenvalue weighted by atomic mass is 10.0. The molecule has 0 spiro atoms. The summed E-state index contributed by atoms with van der Waals surface area (Å²) in [6, 6.07) is 9.39. The molecule has 1 aliphatic heterocycles. The molecule has 1 aliphatic rings. The molecule has 0 saturated carbocycles. The molecule has 0 radical (unpaired) electrons. The van der Waals surface area contributed by atoms with Crippen LogP contribution in [-0.2, 0) is 14.3 Å². The topological polar surface area (TPSA) is 51.7 Å². The second kappa shape index (κ2) is 7.88. The summed E-state index contributed by atoms with van der Waals surface area (Å²) in [5.41, 5.74) is 1.95. The van der Waals surface area contributed by atoms with Crippen molar-refractivity contribution < 1.29 is 14.3 Å². The maximum atomic E-state index is 12.6. The summed E-state index contributed by atoms with van der Waals surface area (Å²) in [7, 11) is 0. The van der Waals surface area contributed by atoms with Crippen LogP contribution >= 0.6 is 11.3 Å². The normalized spacial score (nSPS) is 19.8. The summed E-state index contributed by atoms with van der Waals surface area (Å²) in [6.45, 7) is 6.09. The molecular weight excluding hydrogens is 324 g/mol. The summed E-state index contributed by atoms with van der Waals surface area (Å²) in [5.74, 6) is -0.209. The number of hydrogen-bond donors (Lipinski definition) is 0. The minimum Gasteiger partial charge on any atom is -0.465 e. The van der Waals surface area contributed by atoms with Crippen molar-refractivity contribution in [2.24, 2.45) is 0 Å². The van der Waals surface area contributed by atoms with Crippen molar-refractivity contribution in [3.63, 3.8) is 0 Å². The highest BCUT2D eigenvalue weighted by Gasteiger charge is 2.34. The number of benzene rings is 1. The summed E-state index contributed by atoms with van der Waals surface area (Å²) < 4.78 is 11.2. The molecule has 1 aromatic carbocycles. The van der Waals surface area contributed by atoms with Crippen LogP contribution in [0, 0.1) is 6.92 Å². The van der Waals surface area contributed by atoms with Crippen LogP contribution in [0.2, 0.25) is 0 Å². The van der Waals surface area contributed by atoms with Crippen LogP contribution in [0.15, 0.2) is 35.7 Å². The second-order valence-electron chi connectivity index (χ2n) is 5.75. The number of rotatable bonds is 5. The van der Waals surface area contributed by atoms with E-state index < -0.39 is 6.04 Å². The molecule has 0 N–H and O–H groups in total. The van der Waals surface area contributed by atoms with E-state index in [1.165, 1.54) is 0 Å². The molecule has 1 fully saturated rings. The highest BCUT2D eigenvalue weighted by molar-refractivity contribution is 7.09. The molecule has 0 unspecified atom stereocenters. The molecule has 1 aromatic heterocycles. The predicted octanol–water partition coefficient (Wildman–Crippen LogP) is 3.13. The van der Waals surface area contributed by atoms with Crippen molar-refractivity contribution in [1.82, 2.24) is 9.88 Å². The molecule has 0 aliphatic carbocycles. The highest BCUT2D eigenvalue weighted by Crippen LogP contribution is 2.31. The summed E-state index contributed by atoms with van der Waals surface area (Å²) in [5, 5.41) is 2.99. The maximum absolute atomic E-state index is 12.6. The van der Waals surface area contributed by atoms with E-state index >= 15 is 0 Å². The molecule has 6 heteroatoms. The molecule has 2 heterocycles. The number of esters is 1. The predicted molar refractivity (Wildman–Crippen MR) is 92.9 cm³/mol. The van der Waals surface area contributed by atoms with E-state index in [2.05, 4.69) is 9.88 Å². The zero-order chi connectivity index (χ0) is 16.9. The van der Waals surface area contributed by atoms with Gasteiger partial charge in [-0.3, -0.25) is 4.90 Å². The Morgan fingerprint density at radius 1 is 1.46 bits per heavy atom. The van der Waals surface area contributed by atoms with Crippen molar-refractivity contribution in [1.29, 1.82) is 0 Å². The molecule has 2 aromatic rings. The van der Waals surface area contributed by atoms with Crippen LogP contribution in [0.1, 0.15) is 35.3 Å². The average molecular weight is 346 g/mol. The van der Waals surface area contributed by atoms with Gasteiger partial charge in [0.05, 0.1) is 13.2 Å². The Balaban J connectivity index is 1.82. The third-order valence-electron chi connectivity index (χ3n) is 4.00. The number of carbonyl (C=O) groups excluding carboxylic acids is 1. The molecule has 5 nitrogen and oxygen atoms in total. The van der Waals surface area contributed by atoms with Gasteiger partial charge < -0.3 is 9.47 Å². The number of carbonyl (C=O) groups is 1. The monoisotopic (exact) mass is 346 g/mol. The zero-order valence-corrected chi connectivity index (χ0v) is 14.8. The summed E-state index contributed by atoms with van der Waals surface area (Å²) in [6.07, 6.45) is -0.0990. The average Bonchev–Trinajstić information content (AvgIpc) is 3.03. The fraction of sp³-hybridized carbons (Fsp3) is 0.444. The molecule has 0 amide bonds. The summed E-state index contributed by atoms with van der Waals surface area (Å²) in [4.78, 5) is 19.2. The van der Waals surface area contributed by atoms with E-state index in [1.54, 1.807) is 11.3 Å². The Morgan fingerprint density at radius 3 is 2.92 bits per heavy atom. The fourth-order valence-corrected chi connectivity index (χ4v) is 3.76. The van der Waals surface area contributed by atoms with Crippen molar-refractivity contribution in [3.05, 3.63) is 52.0 Å². The van der Waals surface area contributed by atoms with Crippen LogP contribution < -0.4 is 0 Å². The number of hydrogen-bond acceptors (Lipinski definition) is 6. The molecule has 0 bridgehead atoms. The lowest BCUT2D eigenvalue weighted by Gasteiger charge is -2.36. The summed E-state index contributed by atoms with van der Waals surface area (Å²) >= 11 is 1.61. The largest absolute Gasteiger partial charge is 0.465 e. The molecule has 1 saturated heterocycles. The first-order chi connectivity index (χ1) is 11.7. The van der Waals surface area contributed by atoms with Gasteiger partial charge in [0.2, 0.25) is 0 Å². The molecular formula is C18H22N2O3S. The van der Waals surface area contributed by atoms with Crippen molar-refractivity contribution >= 4 is 17.3 Å². The Morgan fingerprint density at radius 2 is 2.25 bits per heavy atom. The van der Waals surface area contributed by atoms with Crippen LogP contribution in [0.5, 0.6) is 0 Å². The van der Waals surface area contributed by atoms with Crippen LogP contribution in [0.4, 0.5) is 0 Å². The van der Waals surface area contributed by atoms with Crippen molar-refractivity contribution in [2.75, 3.05) is 26.3 Å². The smallest absolute Gasteiger partial charge is 0.328 e. The van der Waals surface area contributed by atoms with E-state index in [4.69, 9.17) is 9.47 Å². The quantitative estimate of drug-likeness (QED) is 0.779. The van der Waals surface area contributed by atoms with E-state index in [-0.39, 0.29) is 12.1 Å². The van der Waals surface area contributed by atoms with Gasteiger partial charge in [-0.15, -0.1) is 11.3 Å². The standard InChI is InChI=1S/C18H22N2O3S/c1-3-22-18(21)16(14-7-5-4-6-8-14)20-9-10-23-15(11-20)17-19-13(2)12-24-17/h4-8,12,15-16H,3,9-11H2,1-2H3/t15-,16+/m0/s1. The maximum Gasteiger partial charge on any atom is 0.328 e. The minimum absolute atomic E-state index is 0.0990. The first-order valence-electron chi connectivity index (χ1n) is 8.18. The Labute approximate surface area is 146 Å². The third kappa shape index (κ3) is 3.83. The number of aryl methyl sites for hydroxylation is 1. The molecule has 24 heavy (non-hydrogen) atoms. The van der Waals surface area contributed by atoms with Gasteiger partial charge in [0.15, 0.2) is 0 Å². The van der Waals surface area contributed by atoms with Gasteiger partial charge in [0, 0.05) is 24.2 Å². The highest BCUT2D eigenvalue weighted by atomic mass is 32.1. The van der Waals surface area contributed by atoms with Gasteiger partial charge in [-0.05, 0) is 19.4 Å². The number of ether oxygens (including phenoxy) is 2. The van der Waals surface area contributed by atoms with Gasteiger partial charge in [-0.1, -0.05) is 30.3 Å². The lowest BCUT2D eigenvalue weighted by molar-refractivity contribution is -0.153. The SMILES string of the molecule is CCOC(=O)[C@@H](c1ccccc1)N1CCO[C@H](c2nc(C)cs2)C1. The molecule has 128 valence electrons. The number of aromatic nitrogens is 1. The van der Waals surface area contributed by atoms with E-state index in [0.29, 0.717) is 26.3 Å². The van der Waals surface area contributed by atoms with Crippen LogP contribution in [0.25, 0.3) is 0 Å². The van der Waals surface area contributed by atoms with E-state index in [9.17, 15) is 4.79 Å². The zero-order valence-electron chi connectivity index (χ0n) is 14.0. The van der Waals surface area contributed by atoms with Gasteiger partial charge in [-0.25, -0.2) is 9.78 Å². The lowest BCUT2D eigenvalue weighted by Crippen LogP contribution is -2.44. The minimum atomic E-state index is -0.404. The van der Waals surface area contributed by atoms with Crippen LogP contribution in [-0.4, -0.2) is 42.2 Å². The van der Waals surface area contributed by atoms with E-state index in [1.807, 2.05) is 49.6 Å². The first kappa shape index (κ1) is 17.1. The van der Waals surface area contributed by atoms with Gasteiger partial charge in [-0.2, -0.15) is 0 Å². The first-order valence-corrected chi connectivity index (χ1v) is 9.06. The fourth-order valence-electron chi connectivity index (χ4n) is 2.93. The molecule has 3 rings (SSSR count). The Hall–Kier alpha value is -1.76. The second-order valence-corrected chi connectivity index (χ2v) is 6.64. The number of morpholine rings is 1. The Bertz CT molecular complexity index is 674. The third-order valence-corrected chi connectivity index (χ3v) is 5.06. The Kier molecular flexibility index (Phi) is 5.60.